The van der Waals surface area contributed by atoms with Crippen molar-refractivity contribution in [1.82, 2.24) is 4.90 Å². The molecule has 7 nitrogen and oxygen atoms in total. The second-order valence-corrected chi connectivity index (χ2v) is 7.42. The van der Waals surface area contributed by atoms with Crippen LogP contribution in [0.3, 0.4) is 0 Å². The van der Waals surface area contributed by atoms with E-state index in [4.69, 9.17) is 4.74 Å². The van der Waals surface area contributed by atoms with Gasteiger partial charge in [0, 0.05) is 15.9 Å². The highest BCUT2D eigenvalue weighted by atomic mass is 79.9. The fraction of sp³-hybridized carbons (Fsp3) is 0.190. The number of likely N-dealkylation sites (tertiary alicyclic amines) is 1. The van der Waals surface area contributed by atoms with Gasteiger partial charge in [-0.05, 0) is 48.9 Å². The summed E-state index contributed by atoms with van der Waals surface area (Å²) in [5.74, 6) is -2.03. The molecule has 2 aromatic carbocycles. The molecule has 0 saturated carbocycles. The van der Waals surface area contributed by atoms with Crippen molar-refractivity contribution in [2.45, 2.75) is 13.0 Å². The van der Waals surface area contributed by atoms with Gasteiger partial charge in [-0.15, -0.1) is 0 Å². The third kappa shape index (κ3) is 4.32. The highest BCUT2D eigenvalue weighted by Gasteiger charge is 2.45. The van der Waals surface area contributed by atoms with E-state index < -0.39 is 30.2 Å². The standard InChI is InChI=1S/C21H19BrN2O5/c1-12(23-15-7-9-16(29-2)10-8-15)18-19(13-3-5-14(22)6-4-13)24(11-17(25)26)21(28)20(18)27/h3-10,19,23H,11H2,1-2H3,(H,25,26). The SMILES string of the molecule is COc1ccc(NC(C)=C2C(=O)C(=O)N(CC(=O)O)C2c2ccc(Br)cc2)cc1. The molecule has 2 aromatic rings. The van der Waals surface area contributed by atoms with Gasteiger partial charge in [0.15, 0.2) is 0 Å². The summed E-state index contributed by atoms with van der Waals surface area (Å²) >= 11 is 3.36. The smallest absolute Gasteiger partial charge is 0.323 e. The summed E-state index contributed by atoms with van der Waals surface area (Å²) in [4.78, 5) is 37.7. The summed E-state index contributed by atoms with van der Waals surface area (Å²) in [7, 11) is 1.57. The molecule has 1 aliphatic heterocycles. The number of carbonyl (C=O) groups is 3. The van der Waals surface area contributed by atoms with Crippen LogP contribution in [0.25, 0.3) is 0 Å². The Hall–Kier alpha value is -3.13. The van der Waals surface area contributed by atoms with Gasteiger partial charge in [-0.3, -0.25) is 14.4 Å². The third-order valence-electron chi connectivity index (χ3n) is 4.60. The van der Waals surface area contributed by atoms with Gasteiger partial charge in [-0.25, -0.2) is 0 Å². The number of hydrogen-bond acceptors (Lipinski definition) is 5. The van der Waals surface area contributed by atoms with Crippen LogP contribution in [-0.2, 0) is 14.4 Å². The molecule has 0 aromatic heterocycles. The molecule has 1 fully saturated rings. The third-order valence-corrected chi connectivity index (χ3v) is 5.13. The average Bonchev–Trinajstić information content (AvgIpc) is 2.94. The predicted molar refractivity (Wildman–Crippen MR) is 111 cm³/mol. The van der Waals surface area contributed by atoms with E-state index in [0.29, 0.717) is 22.7 Å². The van der Waals surface area contributed by atoms with Crippen molar-refractivity contribution in [1.29, 1.82) is 0 Å². The lowest BCUT2D eigenvalue weighted by atomic mass is 9.97. The molecule has 1 amide bonds. The zero-order valence-electron chi connectivity index (χ0n) is 15.8. The number of hydrogen-bond donors (Lipinski definition) is 2. The number of ketones is 1. The lowest BCUT2D eigenvalue weighted by molar-refractivity contribution is -0.146. The molecule has 0 spiro atoms. The summed E-state index contributed by atoms with van der Waals surface area (Å²) in [6.45, 7) is 1.13. The van der Waals surface area contributed by atoms with E-state index in [1.807, 2.05) is 0 Å². The average molecular weight is 459 g/mol. The molecule has 0 radical (unpaired) electrons. The molecule has 3 rings (SSSR count). The maximum atomic E-state index is 12.8. The van der Waals surface area contributed by atoms with Crippen molar-refractivity contribution in [3.05, 3.63) is 69.8 Å². The van der Waals surface area contributed by atoms with Crippen LogP contribution in [0.2, 0.25) is 0 Å². The van der Waals surface area contributed by atoms with Crippen molar-refractivity contribution >= 4 is 39.3 Å². The number of halogens is 1. The summed E-state index contributed by atoms with van der Waals surface area (Å²) in [5, 5.41) is 12.4. The molecule has 29 heavy (non-hydrogen) atoms. The number of aliphatic carboxylic acids is 1. The Morgan fingerprint density at radius 3 is 2.31 bits per heavy atom. The van der Waals surface area contributed by atoms with E-state index in [1.54, 1.807) is 62.6 Å². The topological polar surface area (TPSA) is 95.9 Å². The van der Waals surface area contributed by atoms with Crippen LogP contribution < -0.4 is 10.1 Å². The first-order valence-corrected chi connectivity index (χ1v) is 9.55. The van der Waals surface area contributed by atoms with Gasteiger partial charge in [-0.2, -0.15) is 0 Å². The number of benzene rings is 2. The van der Waals surface area contributed by atoms with Crippen molar-refractivity contribution < 1.29 is 24.2 Å². The predicted octanol–water partition coefficient (Wildman–Crippen LogP) is 3.38. The quantitative estimate of drug-likeness (QED) is 0.508. The molecule has 8 heteroatoms. The molecule has 1 saturated heterocycles. The summed E-state index contributed by atoms with van der Waals surface area (Å²) < 4.78 is 5.97. The van der Waals surface area contributed by atoms with Gasteiger partial charge in [0.2, 0.25) is 0 Å². The number of nitrogens with zero attached hydrogens (tertiary/aromatic N) is 1. The number of rotatable bonds is 6. The fourth-order valence-corrected chi connectivity index (χ4v) is 3.54. The number of carboxylic acids is 1. The lowest BCUT2D eigenvalue weighted by Crippen LogP contribution is -2.34. The number of ether oxygens (including phenoxy) is 1. The van der Waals surface area contributed by atoms with Crippen LogP contribution in [0.4, 0.5) is 5.69 Å². The second kappa shape index (κ2) is 8.48. The maximum Gasteiger partial charge on any atom is 0.323 e. The molecule has 1 atom stereocenters. The van der Waals surface area contributed by atoms with Gasteiger partial charge >= 0.3 is 5.97 Å². The van der Waals surface area contributed by atoms with E-state index in [2.05, 4.69) is 21.2 Å². The zero-order chi connectivity index (χ0) is 21.1. The Morgan fingerprint density at radius 1 is 1.14 bits per heavy atom. The van der Waals surface area contributed by atoms with E-state index in [0.717, 1.165) is 9.37 Å². The highest BCUT2D eigenvalue weighted by Crippen LogP contribution is 2.38. The number of Topliss-reactive ketones (excluding diaryl/α,β-unsaturated/α-hetero) is 1. The Labute approximate surface area is 176 Å². The maximum absolute atomic E-state index is 12.8. The van der Waals surface area contributed by atoms with E-state index in [-0.39, 0.29) is 5.57 Å². The highest BCUT2D eigenvalue weighted by molar-refractivity contribution is 9.10. The van der Waals surface area contributed by atoms with E-state index >= 15 is 0 Å². The minimum absolute atomic E-state index is 0.231. The van der Waals surface area contributed by atoms with Crippen LogP contribution in [0.5, 0.6) is 5.75 Å². The molecule has 0 aliphatic carbocycles. The van der Waals surface area contributed by atoms with Crippen LogP contribution >= 0.6 is 15.9 Å². The molecule has 1 aliphatic rings. The molecule has 1 heterocycles. The number of carboxylic acid groups (broad SMARTS) is 1. The number of nitrogens with one attached hydrogen (secondary N) is 1. The minimum Gasteiger partial charge on any atom is -0.497 e. The molecular weight excluding hydrogens is 440 g/mol. The Morgan fingerprint density at radius 2 is 1.76 bits per heavy atom. The van der Waals surface area contributed by atoms with Gasteiger partial charge in [0.05, 0.1) is 18.7 Å². The van der Waals surface area contributed by atoms with E-state index in [1.165, 1.54) is 0 Å². The second-order valence-electron chi connectivity index (χ2n) is 6.50. The lowest BCUT2D eigenvalue weighted by Gasteiger charge is -2.24. The summed E-state index contributed by atoms with van der Waals surface area (Å²) in [6, 6.07) is 13.4. The molecule has 150 valence electrons. The van der Waals surface area contributed by atoms with Crippen LogP contribution in [0.1, 0.15) is 18.5 Å². The summed E-state index contributed by atoms with van der Waals surface area (Å²) in [6.07, 6.45) is 0. The normalized spacial score (nSPS) is 18.0. The van der Waals surface area contributed by atoms with Gasteiger partial charge < -0.3 is 20.1 Å². The van der Waals surface area contributed by atoms with Crippen molar-refractivity contribution in [3.8, 4) is 5.75 Å². The van der Waals surface area contributed by atoms with Crippen molar-refractivity contribution in [2.24, 2.45) is 0 Å². The minimum atomic E-state index is -1.18. The first-order chi connectivity index (χ1) is 13.8. The first kappa shape index (κ1) is 20.6. The number of allylic oxidation sites excluding steroid dienone is 1. The van der Waals surface area contributed by atoms with E-state index in [9.17, 15) is 19.5 Å². The van der Waals surface area contributed by atoms with Gasteiger partial charge in [0.25, 0.3) is 11.7 Å². The Bertz CT molecular complexity index is 983. The van der Waals surface area contributed by atoms with Crippen molar-refractivity contribution in [3.63, 3.8) is 0 Å². The fourth-order valence-electron chi connectivity index (χ4n) is 3.28. The first-order valence-electron chi connectivity index (χ1n) is 8.76. The molecule has 0 bridgehead atoms. The molecular formula is C21H19BrN2O5. The number of amides is 1. The van der Waals surface area contributed by atoms with Crippen LogP contribution in [-0.4, -0.2) is 41.3 Å². The Kier molecular flexibility index (Phi) is 6.03. The summed E-state index contributed by atoms with van der Waals surface area (Å²) in [5.41, 5.74) is 2.07. The van der Waals surface area contributed by atoms with Crippen molar-refractivity contribution in [2.75, 3.05) is 19.0 Å². The Balaban J connectivity index is 2.05. The monoisotopic (exact) mass is 458 g/mol. The number of methoxy groups -OCH3 is 1. The zero-order valence-corrected chi connectivity index (χ0v) is 17.4. The molecule has 2 N–H and O–H groups in total. The van der Waals surface area contributed by atoms with Gasteiger partial charge in [0.1, 0.15) is 12.3 Å². The van der Waals surface area contributed by atoms with Crippen LogP contribution in [0.15, 0.2) is 64.3 Å². The largest absolute Gasteiger partial charge is 0.497 e. The van der Waals surface area contributed by atoms with Gasteiger partial charge in [-0.1, -0.05) is 28.1 Å². The number of carbonyl (C=O) groups excluding carboxylic acids is 2. The molecule has 1 unspecified atom stereocenters. The van der Waals surface area contributed by atoms with Crippen LogP contribution in [0, 0.1) is 0 Å². The number of anilines is 1.